The molecule has 1 aliphatic carbocycles. The van der Waals surface area contributed by atoms with Crippen molar-refractivity contribution in [2.75, 3.05) is 38.2 Å². The normalized spacial score (nSPS) is 18.6. The minimum absolute atomic E-state index is 0.519. The molecule has 6 heteroatoms. The van der Waals surface area contributed by atoms with E-state index in [0.717, 1.165) is 56.5 Å². The molecule has 0 unspecified atom stereocenters. The van der Waals surface area contributed by atoms with Gasteiger partial charge in [0, 0.05) is 44.7 Å². The van der Waals surface area contributed by atoms with Gasteiger partial charge in [-0.25, -0.2) is 9.97 Å². The summed E-state index contributed by atoms with van der Waals surface area (Å²) in [5.74, 6) is 3.33. The van der Waals surface area contributed by atoms with Gasteiger partial charge in [-0.1, -0.05) is 23.7 Å². The number of ether oxygens (including phenoxy) is 1. The predicted octanol–water partition coefficient (Wildman–Crippen LogP) is 3.73. The van der Waals surface area contributed by atoms with Crippen LogP contribution in [0, 0.1) is 0 Å². The highest BCUT2D eigenvalue weighted by atomic mass is 35.5. The topological polar surface area (TPSA) is 41.5 Å². The molecule has 2 heterocycles. The number of nitrogens with zero attached hydrogens (tertiary/aromatic N) is 4. The first-order valence-electron chi connectivity index (χ1n) is 9.36. The van der Waals surface area contributed by atoms with Gasteiger partial charge in [-0.15, -0.1) is 0 Å². The zero-order chi connectivity index (χ0) is 17.9. The van der Waals surface area contributed by atoms with Crippen LogP contribution in [0.1, 0.15) is 36.6 Å². The van der Waals surface area contributed by atoms with Crippen molar-refractivity contribution in [2.24, 2.45) is 0 Å². The number of methoxy groups -OCH3 is 1. The quantitative estimate of drug-likeness (QED) is 0.748. The maximum Gasteiger partial charge on any atom is 0.135 e. The lowest BCUT2D eigenvalue weighted by Crippen LogP contribution is -2.31. The van der Waals surface area contributed by atoms with Gasteiger partial charge in [0.1, 0.15) is 22.5 Å². The van der Waals surface area contributed by atoms with Gasteiger partial charge >= 0.3 is 0 Å². The Kier molecular flexibility index (Phi) is 5.27. The van der Waals surface area contributed by atoms with Crippen LogP contribution in [0.15, 0.2) is 30.3 Å². The van der Waals surface area contributed by atoms with Gasteiger partial charge in [0.15, 0.2) is 0 Å². The number of halogens is 1. The highest BCUT2D eigenvalue weighted by molar-refractivity contribution is 6.29. The summed E-state index contributed by atoms with van der Waals surface area (Å²) in [4.78, 5) is 14.1. The van der Waals surface area contributed by atoms with E-state index in [4.69, 9.17) is 21.3 Å². The molecule has 0 radical (unpaired) electrons. The van der Waals surface area contributed by atoms with Gasteiger partial charge in [-0.2, -0.15) is 0 Å². The standard InChI is InChI=1S/C20H25ClN4O/c1-26-17-7-3-15(4-8-17)14-24-9-2-10-25(12-11-24)19-13-18(21)22-20(23-19)16-5-6-16/h3-4,7-8,13,16H,2,5-6,9-12,14H2,1H3. The fourth-order valence-corrected chi connectivity index (χ4v) is 3.64. The molecule has 138 valence electrons. The number of aromatic nitrogens is 2. The summed E-state index contributed by atoms with van der Waals surface area (Å²) in [6, 6.07) is 10.3. The van der Waals surface area contributed by atoms with Gasteiger partial charge < -0.3 is 9.64 Å². The molecular formula is C20H25ClN4O. The van der Waals surface area contributed by atoms with Crippen LogP contribution in [0.3, 0.4) is 0 Å². The van der Waals surface area contributed by atoms with Gasteiger partial charge in [0.05, 0.1) is 7.11 Å². The van der Waals surface area contributed by atoms with E-state index in [2.05, 4.69) is 26.9 Å². The maximum absolute atomic E-state index is 6.24. The van der Waals surface area contributed by atoms with Gasteiger partial charge in [0.2, 0.25) is 0 Å². The van der Waals surface area contributed by atoms with E-state index < -0.39 is 0 Å². The lowest BCUT2D eigenvalue weighted by Gasteiger charge is -2.23. The van der Waals surface area contributed by atoms with Crippen molar-refractivity contribution >= 4 is 17.4 Å². The molecule has 2 aromatic rings. The molecule has 2 fully saturated rings. The number of hydrogen-bond acceptors (Lipinski definition) is 5. The molecule has 1 aliphatic heterocycles. The Morgan fingerprint density at radius 3 is 2.62 bits per heavy atom. The van der Waals surface area contributed by atoms with Crippen molar-refractivity contribution in [1.82, 2.24) is 14.9 Å². The SMILES string of the molecule is COc1ccc(CN2CCCN(c3cc(Cl)nc(C4CC4)n3)CC2)cc1. The molecule has 4 rings (SSSR count). The van der Waals surface area contributed by atoms with E-state index in [0.29, 0.717) is 11.1 Å². The predicted molar refractivity (Wildman–Crippen MR) is 104 cm³/mol. The van der Waals surface area contributed by atoms with Crippen LogP contribution in [0.5, 0.6) is 5.75 Å². The second kappa shape index (κ2) is 7.80. The minimum Gasteiger partial charge on any atom is -0.497 e. The van der Waals surface area contributed by atoms with E-state index >= 15 is 0 Å². The fourth-order valence-electron chi connectivity index (χ4n) is 3.46. The minimum atomic E-state index is 0.519. The molecule has 26 heavy (non-hydrogen) atoms. The third-order valence-electron chi connectivity index (χ3n) is 5.12. The lowest BCUT2D eigenvalue weighted by atomic mass is 10.2. The molecule has 0 amide bonds. The fraction of sp³-hybridized carbons (Fsp3) is 0.500. The number of rotatable bonds is 5. The van der Waals surface area contributed by atoms with E-state index in [-0.39, 0.29) is 0 Å². The molecule has 1 aromatic carbocycles. The van der Waals surface area contributed by atoms with Crippen LogP contribution >= 0.6 is 11.6 Å². The first-order valence-corrected chi connectivity index (χ1v) is 9.74. The van der Waals surface area contributed by atoms with Crippen LogP contribution in [0.2, 0.25) is 5.15 Å². The first kappa shape index (κ1) is 17.6. The number of hydrogen-bond donors (Lipinski definition) is 0. The zero-order valence-corrected chi connectivity index (χ0v) is 16.0. The maximum atomic E-state index is 6.24. The number of anilines is 1. The van der Waals surface area contributed by atoms with E-state index in [1.165, 1.54) is 18.4 Å². The average molecular weight is 373 g/mol. The molecule has 1 saturated carbocycles. The van der Waals surface area contributed by atoms with Crippen molar-refractivity contribution in [1.29, 1.82) is 0 Å². The van der Waals surface area contributed by atoms with Crippen LogP contribution in [0.4, 0.5) is 5.82 Å². The van der Waals surface area contributed by atoms with E-state index in [1.54, 1.807) is 7.11 Å². The van der Waals surface area contributed by atoms with Crippen LogP contribution in [0.25, 0.3) is 0 Å². The van der Waals surface area contributed by atoms with Crippen molar-refractivity contribution in [3.8, 4) is 5.75 Å². The Labute approximate surface area is 160 Å². The Hall–Kier alpha value is -1.85. The highest BCUT2D eigenvalue weighted by Crippen LogP contribution is 2.39. The van der Waals surface area contributed by atoms with Crippen molar-refractivity contribution < 1.29 is 4.74 Å². The van der Waals surface area contributed by atoms with Crippen molar-refractivity contribution in [3.63, 3.8) is 0 Å². The third-order valence-corrected chi connectivity index (χ3v) is 5.31. The largest absolute Gasteiger partial charge is 0.497 e. The van der Waals surface area contributed by atoms with Gasteiger partial charge in [0.25, 0.3) is 0 Å². The summed E-state index contributed by atoms with van der Waals surface area (Å²) >= 11 is 6.24. The smallest absolute Gasteiger partial charge is 0.135 e. The summed E-state index contributed by atoms with van der Waals surface area (Å²) in [5.41, 5.74) is 1.32. The molecule has 2 aliphatic rings. The summed E-state index contributed by atoms with van der Waals surface area (Å²) in [7, 11) is 1.70. The highest BCUT2D eigenvalue weighted by Gasteiger charge is 2.28. The molecule has 0 atom stereocenters. The van der Waals surface area contributed by atoms with Crippen LogP contribution in [-0.2, 0) is 6.54 Å². The summed E-state index contributed by atoms with van der Waals surface area (Å²) in [5, 5.41) is 0.566. The van der Waals surface area contributed by atoms with Crippen LogP contribution < -0.4 is 9.64 Å². The molecule has 0 spiro atoms. The van der Waals surface area contributed by atoms with Crippen molar-refractivity contribution in [2.45, 2.75) is 31.7 Å². The summed E-state index contributed by atoms with van der Waals surface area (Å²) < 4.78 is 5.24. The molecule has 1 saturated heterocycles. The van der Waals surface area contributed by atoms with Gasteiger partial charge in [-0.3, -0.25) is 4.90 Å². The molecule has 0 N–H and O–H groups in total. The van der Waals surface area contributed by atoms with Gasteiger partial charge in [-0.05, 0) is 37.0 Å². The molecule has 1 aromatic heterocycles. The Morgan fingerprint density at radius 1 is 1.08 bits per heavy atom. The number of benzene rings is 1. The molecule has 5 nitrogen and oxygen atoms in total. The molecular weight excluding hydrogens is 348 g/mol. The first-order chi connectivity index (χ1) is 12.7. The summed E-state index contributed by atoms with van der Waals surface area (Å²) in [6.45, 7) is 5.06. The second-order valence-corrected chi connectivity index (χ2v) is 7.53. The molecule has 0 bridgehead atoms. The zero-order valence-electron chi connectivity index (χ0n) is 15.2. The third kappa shape index (κ3) is 4.27. The summed E-state index contributed by atoms with van der Waals surface area (Å²) in [6.07, 6.45) is 3.50. The second-order valence-electron chi connectivity index (χ2n) is 7.15. The Balaban J connectivity index is 1.40. The lowest BCUT2D eigenvalue weighted by molar-refractivity contribution is 0.285. The van der Waals surface area contributed by atoms with E-state index in [9.17, 15) is 0 Å². The Bertz CT molecular complexity index is 748. The Morgan fingerprint density at radius 2 is 1.88 bits per heavy atom. The van der Waals surface area contributed by atoms with E-state index in [1.807, 2.05) is 18.2 Å². The average Bonchev–Trinajstić information content (AvgIpc) is 3.50. The monoisotopic (exact) mass is 372 g/mol. The van der Waals surface area contributed by atoms with Crippen LogP contribution in [-0.4, -0.2) is 48.2 Å². The van der Waals surface area contributed by atoms with Crippen molar-refractivity contribution in [3.05, 3.63) is 46.9 Å².